The van der Waals surface area contributed by atoms with Gasteiger partial charge in [-0.3, -0.25) is 0 Å². The first-order chi connectivity index (χ1) is 5.72. The monoisotopic (exact) mass is 164 g/mol. The minimum atomic E-state index is -1.29. The third-order valence-corrected chi connectivity index (χ3v) is 0.969. The third kappa shape index (κ3) is 4.39. The quantitative estimate of drug-likeness (QED) is 0.428. The minimum Gasteiger partial charge on any atom is -0.394 e. The molecule has 0 radical (unpaired) electrons. The van der Waals surface area contributed by atoms with Crippen LogP contribution in [0.25, 0.3) is 0 Å². The summed E-state index contributed by atoms with van der Waals surface area (Å²) in [4.78, 5) is 0. The van der Waals surface area contributed by atoms with E-state index in [1.165, 1.54) is 0 Å². The largest absolute Gasteiger partial charge is 0.394 e. The van der Waals surface area contributed by atoms with E-state index in [1.54, 1.807) is 0 Å². The van der Waals surface area contributed by atoms with Crippen molar-refractivity contribution < 1.29 is 15.3 Å². The molecule has 2 atom stereocenters. The van der Waals surface area contributed by atoms with Gasteiger partial charge in [-0.25, -0.2) is 0 Å². The van der Waals surface area contributed by atoms with E-state index in [9.17, 15) is 0 Å². The number of hydrogen-bond acceptors (Lipinski definition) is 3. The lowest BCUT2D eigenvalue weighted by atomic mass is 10.2. The van der Waals surface area contributed by atoms with Gasteiger partial charge in [0.15, 0.2) is 0 Å². The van der Waals surface area contributed by atoms with Gasteiger partial charge in [-0.2, -0.15) is 0 Å². The number of rotatable bonds is 2. The number of hydrogen-bond donors (Lipinski definition) is 3. The average Bonchev–Trinajstić information content (AvgIpc) is 2.10. The van der Waals surface area contributed by atoms with Crippen molar-refractivity contribution >= 4 is 0 Å². The molecule has 0 aliphatic heterocycles. The number of aliphatic hydroxyl groups excluding tert-OH is 3. The van der Waals surface area contributed by atoms with E-state index >= 15 is 0 Å². The number of terminal acetylenes is 1. The van der Waals surface area contributed by atoms with Gasteiger partial charge in [-0.05, 0) is 23.7 Å². The Labute approximate surface area is 71.0 Å². The Balaban J connectivity index is 4.05. The second-order valence-corrected chi connectivity index (χ2v) is 1.86. The first kappa shape index (κ1) is 10.6. The van der Waals surface area contributed by atoms with E-state index in [0.717, 1.165) is 0 Å². The van der Waals surface area contributed by atoms with Crippen LogP contribution in [0.15, 0.2) is 0 Å². The molecule has 0 fully saturated rings. The molecule has 0 aromatic heterocycles. The summed E-state index contributed by atoms with van der Waals surface area (Å²) in [6.07, 6.45) is 2.24. The van der Waals surface area contributed by atoms with Crippen molar-refractivity contribution in [2.75, 3.05) is 6.61 Å². The molecule has 0 aromatic carbocycles. The summed E-state index contributed by atoms with van der Waals surface area (Å²) < 4.78 is 0. The first-order valence-electron chi connectivity index (χ1n) is 3.15. The van der Waals surface area contributed by atoms with Gasteiger partial charge >= 0.3 is 0 Å². The van der Waals surface area contributed by atoms with Crippen molar-refractivity contribution in [3.63, 3.8) is 0 Å². The van der Waals surface area contributed by atoms with Gasteiger partial charge in [-0.1, -0.05) is 5.92 Å². The van der Waals surface area contributed by atoms with Crippen molar-refractivity contribution in [1.29, 1.82) is 0 Å². The summed E-state index contributed by atoms with van der Waals surface area (Å²) in [5.74, 6) is 10.9. The molecule has 12 heavy (non-hydrogen) atoms. The standard InChI is InChI=1S/C9H8O3/c1-2-3-4-5-6-8(11)9(12)7-10/h1,8-12H,7H2/t8-,9-/m0/s1. The van der Waals surface area contributed by atoms with Crippen LogP contribution in [0.3, 0.4) is 0 Å². The van der Waals surface area contributed by atoms with Crippen LogP contribution >= 0.6 is 0 Å². The van der Waals surface area contributed by atoms with Gasteiger partial charge in [0, 0.05) is 0 Å². The minimum absolute atomic E-state index is 0.543. The highest BCUT2D eigenvalue weighted by atomic mass is 16.4. The molecule has 0 saturated carbocycles. The summed E-state index contributed by atoms with van der Waals surface area (Å²) in [5, 5.41) is 26.1. The van der Waals surface area contributed by atoms with Crippen LogP contribution in [-0.2, 0) is 0 Å². The molecule has 0 aliphatic carbocycles. The van der Waals surface area contributed by atoms with Crippen LogP contribution < -0.4 is 0 Å². The Hall–Kier alpha value is -1.44. The van der Waals surface area contributed by atoms with Gasteiger partial charge < -0.3 is 15.3 Å². The fraction of sp³-hybridized carbons (Fsp3) is 0.333. The molecule has 0 aromatic rings. The zero-order valence-electron chi connectivity index (χ0n) is 6.28. The second-order valence-electron chi connectivity index (χ2n) is 1.86. The normalized spacial score (nSPS) is 12.5. The van der Waals surface area contributed by atoms with Crippen molar-refractivity contribution in [3.05, 3.63) is 0 Å². The fourth-order valence-corrected chi connectivity index (χ4v) is 0.373. The van der Waals surface area contributed by atoms with Gasteiger partial charge in [0.1, 0.15) is 12.2 Å². The summed E-state index contributed by atoms with van der Waals surface area (Å²) in [6.45, 7) is -0.543. The molecule has 62 valence electrons. The Morgan fingerprint density at radius 2 is 1.83 bits per heavy atom. The highest BCUT2D eigenvalue weighted by Gasteiger charge is 2.10. The van der Waals surface area contributed by atoms with E-state index < -0.39 is 18.8 Å². The molecule has 0 heterocycles. The molecule has 0 saturated heterocycles. The summed E-state index contributed by atoms with van der Waals surface area (Å²) >= 11 is 0. The van der Waals surface area contributed by atoms with Crippen molar-refractivity contribution in [3.8, 4) is 36.0 Å². The lowest BCUT2D eigenvalue weighted by molar-refractivity contribution is 0.0139. The maximum atomic E-state index is 8.91. The molecule has 3 heteroatoms. The molecular formula is C9H8O3. The first-order valence-corrected chi connectivity index (χ1v) is 3.15. The SMILES string of the molecule is C#CC#CC#C[C@H](O)[C@@H](O)CO. The topological polar surface area (TPSA) is 60.7 Å². The molecule has 0 aliphatic rings. The van der Waals surface area contributed by atoms with Crippen LogP contribution in [-0.4, -0.2) is 34.1 Å². The third-order valence-electron chi connectivity index (χ3n) is 0.969. The van der Waals surface area contributed by atoms with Gasteiger partial charge in [0.2, 0.25) is 0 Å². The highest BCUT2D eigenvalue weighted by molar-refractivity contribution is 5.34. The molecule has 0 amide bonds. The maximum Gasteiger partial charge on any atom is 0.143 e. The molecule has 0 unspecified atom stereocenters. The summed E-state index contributed by atoms with van der Waals surface area (Å²) in [7, 11) is 0. The summed E-state index contributed by atoms with van der Waals surface area (Å²) in [6, 6.07) is 0. The van der Waals surface area contributed by atoms with Crippen molar-refractivity contribution in [2.45, 2.75) is 12.2 Å². The van der Waals surface area contributed by atoms with E-state index in [-0.39, 0.29) is 0 Å². The Morgan fingerprint density at radius 1 is 1.17 bits per heavy atom. The van der Waals surface area contributed by atoms with E-state index in [0.29, 0.717) is 0 Å². The van der Waals surface area contributed by atoms with Crippen LogP contribution in [0.5, 0.6) is 0 Å². The van der Waals surface area contributed by atoms with Crippen LogP contribution in [0.1, 0.15) is 0 Å². The lowest BCUT2D eigenvalue weighted by Crippen LogP contribution is -2.27. The van der Waals surface area contributed by atoms with Crippen LogP contribution in [0, 0.1) is 36.0 Å². The highest BCUT2D eigenvalue weighted by Crippen LogP contribution is 1.88. The average molecular weight is 164 g/mol. The Bertz CT molecular complexity index is 279. The molecule has 0 bridgehead atoms. The van der Waals surface area contributed by atoms with Gasteiger partial charge in [-0.15, -0.1) is 6.42 Å². The zero-order valence-corrected chi connectivity index (χ0v) is 6.28. The van der Waals surface area contributed by atoms with E-state index in [2.05, 4.69) is 23.7 Å². The maximum absolute atomic E-state index is 8.91. The predicted molar refractivity (Wildman–Crippen MR) is 43.5 cm³/mol. The van der Waals surface area contributed by atoms with E-state index in [1.807, 2.05) is 5.92 Å². The Morgan fingerprint density at radius 3 is 2.33 bits per heavy atom. The molecule has 0 spiro atoms. The smallest absolute Gasteiger partial charge is 0.143 e. The zero-order chi connectivity index (χ0) is 9.40. The molecule has 3 N–H and O–H groups in total. The predicted octanol–water partition coefficient (Wildman–Crippen LogP) is -1.66. The fourth-order valence-electron chi connectivity index (χ4n) is 0.373. The molecule has 0 rings (SSSR count). The van der Waals surface area contributed by atoms with Gasteiger partial charge in [0.05, 0.1) is 6.61 Å². The second kappa shape index (κ2) is 6.28. The van der Waals surface area contributed by atoms with Crippen molar-refractivity contribution in [2.24, 2.45) is 0 Å². The summed E-state index contributed by atoms with van der Waals surface area (Å²) in [5.41, 5.74) is 0. The molecular weight excluding hydrogens is 156 g/mol. The van der Waals surface area contributed by atoms with Crippen molar-refractivity contribution in [1.82, 2.24) is 0 Å². The number of aliphatic hydroxyl groups is 3. The van der Waals surface area contributed by atoms with Crippen LogP contribution in [0.2, 0.25) is 0 Å². The van der Waals surface area contributed by atoms with Crippen LogP contribution in [0.4, 0.5) is 0 Å². The molecule has 3 nitrogen and oxygen atoms in total. The lowest BCUT2D eigenvalue weighted by Gasteiger charge is -2.07. The Kier molecular flexibility index (Phi) is 5.53. The van der Waals surface area contributed by atoms with Gasteiger partial charge in [0.25, 0.3) is 0 Å². The van der Waals surface area contributed by atoms with E-state index in [4.69, 9.17) is 21.7 Å².